The molecule has 5 N–H and O–H groups in total. The largest absolute Gasteiger partial charge is 0.351 e. The maximum Gasteiger partial charge on any atom is 0.316 e. The van der Waals surface area contributed by atoms with Gasteiger partial charge in [-0.05, 0) is 36.2 Å². The first-order chi connectivity index (χ1) is 14.2. The zero-order valence-corrected chi connectivity index (χ0v) is 17.4. The summed E-state index contributed by atoms with van der Waals surface area (Å²) in [4.78, 5) is 28.6. The first kappa shape index (κ1) is 21.3. The fourth-order valence-electron chi connectivity index (χ4n) is 3.07. The van der Waals surface area contributed by atoms with Crippen LogP contribution in [0.4, 0.5) is 16.2 Å². The number of carbonyl (C=O) groups is 2. The van der Waals surface area contributed by atoms with Crippen molar-refractivity contribution in [2.75, 3.05) is 10.6 Å². The van der Waals surface area contributed by atoms with Gasteiger partial charge in [0.05, 0.1) is 4.90 Å². The van der Waals surface area contributed by atoms with Gasteiger partial charge < -0.3 is 16.4 Å². The summed E-state index contributed by atoms with van der Waals surface area (Å²) >= 11 is 0. The quantitative estimate of drug-likeness (QED) is 0.558. The summed E-state index contributed by atoms with van der Waals surface area (Å²) in [5.74, 6) is -0.395. The highest BCUT2D eigenvalue weighted by Crippen LogP contribution is 2.24. The molecule has 1 heterocycles. The fraction of sp³-hybridized carbons (Fsp3) is 0.250. The molecule has 0 aliphatic carbocycles. The van der Waals surface area contributed by atoms with Crippen molar-refractivity contribution in [2.24, 2.45) is 16.6 Å². The predicted octanol–water partition coefficient (Wildman–Crippen LogP) is 2.27. The molecule has 1 aliphatic rings. The number of hydrogen-bond acceptors (Lipinski definition) is 5. The van der Waals surface area contributed by atoms with Crippen molar-refractivity contribution in [1.82, 2.24) is 4.72 Å². The zero-order valence-electron chi connectivity index (χ0n) is 16.5. The van der Waals surface area contributed by atoms with Gasteiger partial charge in [0.15, 0.2) is 0 Å². The standard InChI is InChI=1S/C20H23N5O4S/c1-3-12(2)17(19(26)22-13-7-6-8-14(11-13)23-20(21)27)24-18-15-9-4-5-10-16(15)30(28,29)25-18/h4-12,17H,3H2,1-2H3,(H,22,26)(H,24,25)(H3,21,23,27)/t12-,17-/m0/s1. The number of fused-ring (bicyclic) bond motifs is 1. The third kappa shape index (κ3) is 4.60. The molecular weight excluding hydrogens is 406 g/mol. The maximum atomic E-state index is 13.0. The number of amidine groups is 1. The lowest BCUT2D eigenvalue weighted by atomic mass is 9.98. The average molecular weight is 430 g/mol. The number of aliphatic imine (C=N–C) groups is 1. The Labute approximate surface area is 174 Å². The Bertz CT molecular complexity index is 1110. The molecule has 2 aromatic carbocycles. The van der Waals surface area contributed by atoms with Crippen LogP contribution in [-0.4, -0.2) is 32.2 Å². The number of sulfonamides is 1. The summed E-state index contributed by atoms with van der Waals surface area (Å²) in [6.45, 7) is 3.80. The van der Waals surface area contributed by atoms with E-state index in [2.05, 4.69) is 20.3 Å². The van der Waals surface area contributed by atoms with Crippen LogP contribution in [0.15, 0.2) is 58.4 Å². The van der Waals surface area contributed by atoms with E-state index in [-0.39, 0.29) is 16.6 Å². The Morgan fingerprint density at radius 1 is 1.10 bits per heavy atom. The molecule has 10 heteroatoms. The third-order valence-corrected chi connectivity index (χ3v) is 6.18. The van der Waals surface area contributed by atoms with Crippen molar-refractivity contribution in [3.05, 3.63) is 54.1 Å². The van der Waals surface area contributed by atoms with E-state index in [1.807, 2.05) is 13.8 Å². The zero-order chi connectivity index (χ0) is 21.9. The van der Waals surface area contributed by atoms with Crippen molar-refractivity contribution in [3.63, 3.8) is 0 Å². The fourth-order valence-corrected chi connectivity index (χ4v) is 4.31. The molecule has 3 rings (SSSR count). The molecule has 30 heavy (non-hydrogen) atoms. The van der Waals surface area contributed by atoms with Gasteiger partial charge >= 0.3 is 6.03 Å². The Kier molecular flexibility index (Phi) is 6.06. The number of carbonyl (C=O) groups excluding carboxylic acids is 2. The number of anilines is 2. The number of nitrogens with two attached hydrogens (primary N) is 1. The molecule has 0 unspecified atom stereocenters. The van der Waals surface area contributed by atoms with Crippen LogP contribution in [0.1, 0.15) is 25.8 Å². The molecule has 158 valence electrons. The van der Waals surface area contributed by atoms with Crippen molar-refractivity contribution in [1.29, 1.82) is 0 Å². The molecule has 0 fully saturated rings. The van der Waals surface area contributed by atoms with Crippen LogP contribution >= 0.6 is 0 Å². The number of nitrogens with one attached hydrogen (secondary N) is 3. The summed E-state index contributed by atoms with van der Waals surface area (Å²) in [5.41, 5.74) is 6.44. The van der Waals surface area contributed by atoms with E-state index in [0.29, 0.717) is 23.4 Å². The molecule has 0 bridgehead atoms. The average Bonchev–Trinajstić information content (AvgIpc) is 2.95. The lowest BCUT2D eigenvalue weighted by Crippen LogP contribution is -2.34. The highest BCUT2D eigenvalue weighted by atomic mass is 32.2. The van der Waals surface area contributed by atoms with Gasteiger partial charge in [0.1, 0.15) is 11.9 Å². The second-order valence-corrected chi connectivity index (χ2v) is 8.62. The second kappa shape index (κ2) is 8.54. The summed E-state index contributed by atoms with van der Waals surface area (Å²) in [6, 6.07) is 11.5. The van der Waals surface area contributed by atoms with Crippen LogP contribution in [0.3, 0.4) is 0 Å². The normalized spacial score (nSPS) is 17.5. The second-order valence-electron chi connectivity index (χ2n) is 6.97. The van der Waals surface area contributed by atoms with E-state index in [0.717, 1.165) is 0 Å². The Morgan fingerprint density at radius 3 is 2.43 bits per heavy atom. The molecule has 2 aromatic rings. The van der Waals surface area contributed by atoms with Gasteiger partial charge in [-0.25, -0.2) is 13.2 Å². The SMILES string of the molecule is CC[C@H](C)[C@H](N=C1NS(=O)(=O)c2ccccc21)C(=O)Nc1cccc(NC(N)=O)c1. The minimum Gasteiger partial charge on any atom is -0.351 e. The van der Waals surface area contributed by atoms with Gasteiger partial charge in [0.25, 0.3) is 10.0 Å². The molecule has 0 spiro atoms. The summed E-state index contributed by atoms with van der Waals surface area (Å²) in [7, 11) is -3.70. The van der Waals surface area contributed by atoms with E-state index in [4.69, 9.17) is 5.73 Å². The first-order valence-electron chi connectivity index (χ1n) is 9.38. The molecule has 3 amide bonds. The monoisotopic (exact) mass is 429 g/mol. The molecule has 9 nitrogen and oxygen atoms in total. The predicted molar refractivity (Wildman–Crippen MR) is 115 cm³/mol. The first-order valence-corrected chi connectivity index (χ1v) is 10.9. The maximum absolute atomic E-state index is 13.0. The van der Waals surface area contributed by atoms with Gasteiger partial charge in [0, 0.05) is 16.9 Å². The van der Waals surface area contributed by atoms with Crippen LogP contribution in [0.2, 0.25) is 0 Å². The van der Waals surface area contributed by atoms with Gasteiger partial charge in [-0.2, -0.15) is 0 Å². The molecule has 0 aromatic heterocycles. The Morgan fingerprint density at radius 2 is 1.77 bits per heavy atom. The van der Waals surface area contributed by atoms with Crippen molar-refractivity contribution >= 4 is 39.2 Å². The smallest absolute Gasteiger partial charge is 0.316 e. The van der Waals surface area contributed by atoms with Crippen LogP contribution in [0, 0.1) is 5.92 Å². The molecule has 1 aliphatic heterocycles. The van der Waals surface area contributed by atoms with E-state index in [1.165, 1.54) is 6.07 Å². The molecule has 0 saturated heterocycles. The molecule has 2 atom stereocenters. The van der Waals surface area contributed by atoms with E-state index in [1.54, 1.807) is 42.5 Å². The molecule has 0 radical (unpaired) electrons. The van der Waals surface area contributed by atoms with Crippen LogP contribution < -0.4 is 21.1 Å². The minimum absolute atomic E-state index is 0.136. The summed E-state index contributed by atoms with van der Waals surface area (Å²) < 4.78 is 27.1. The number of benzene rings is 2. The lowest BCUT2D eigenvalue weighted by Gasteiger charge is -2.19. The van der Waals surface area contributed by atoms with Gasteiger partial charge in [-0.15, -0.1) is 0 Å². The van der Waals surface area contributed by atoms with Crippen molar-refractivity contribution < 1.29 is 18.0 Å². The van der Waals surface area contributed by atoms with Crippen LogP contribution in [0.5, 0.6) is 0 Å². The lowest BCUT2D eigenvalue weighted by molar-refractivity contribution is -0.118. The van der Waals surface area contributed by atoms with Crippen molar-refractivity contribution in [3.8, 4) is 0 Å². The van der Waals surface area contributed by atoms with Gasteiger partial charge in [-0.1, -0.05) is 38.5 Å². The number of hydrogen-bond donors (Lipinski definition) is 4. The molecule has 0 saturated carbocycles. The van der Waals surface area contributed by atoms with Crippen LogP contribution in [0.25, 0.3) is 0 Å². The minimum atomic E-state index is -3.70. The Hall–Kier alpha value is -3.40. The third-order valence-electron chi connectivity index (χ3n) is 4.78. The summed E-state index contributed by atoms with van der Waals surface area (Å²) in [5, 5.41) is 5.22. The van der Waals surface area contributed by atoms with E-state index >= 15 is 0 Å². The van der Waals surface area contributed by atoms with Gasteiger partial charge in [0.2, 0.25) is 5.91 Å². The number of nitrogens with zero attached hydrogens (tertiary/aromatic N) is 1. The van der Waals surface area contributed by atoms with Crippen LogP contribution in [-0.2, 0) is 14.8 Å². The van der Waals surface area contributed by atoms with E-state index < -0.39 is 28.0 Å². The van der Waals surface area contributed by atoms with Crippen molar-refractivity contribution in [2.45, 2.75) is 31.2 Å². The topological polar surface area (TPSA) is 143 Å². The summed E-state index contributed by atoms with van der Waals surface area (Å²) in [6.07, 6.45) is 0.659. The van der Waals surface area contributed by atoms with E-state index in [9.17, 15) is 18.0 Å². The number of rotatable bonds is 6. The Balaban J connectivity index is 1.90. The highest BCUT2D eigenvalue weighted by molar-refractivity contribution is 7.90. The van der Waals surface area contributed by atoms with Gasteiger partial charge in [-0.3, -0.25) is 14.5 Å². The highest BCUT2D eigenvalue weighted by Gasteiger charge is 2.33. The molecular formula is C20H23N5O4S. The number of amides is 3. The number of primary amides is 1. The number of urea groups is 1.